The van der Waals surface area contributed by atoms with Crippen molar-refractivity contribution in [1.29, 1.82) is 0 Å². The van der Waals surface area contributed by atoms with E-state index >= 15 is 0 Å². The molecule has 1 fully saturated rings. The minimum Gasteiger partial charge on any atom is -0.416 e. The maximum absolute atomic E-state index is 6.32. The molecule has 1 aliphatic heterocycles. The monoisotopic (exact) mass is 348 g/mol. The van der Waals surface area contributed by atoms with Crippen molar-refractivity contribution in [3.63, 3.8) is 0 Å². The van der Waals surface area contributed by atoms with Crippen LogP contribution in [0.3, 0.4) is 0 Å². The summed E-state index contributed by atoms with van der Waals surface area (Å²) in [5.41, 5.74) is 0. The first-order chi connectivity index (χ1) is 9.17. The van der Waals surface area contributed by atoms with Gasteiger partial charge in [-0.2, -0.15) is 0 Å². The average Bonchev–Trinajstić information content (AvgIpc) is 2.99. The van der Waals surface area contributed by atoms with E-state index in [0.29, 0.717) is 20.6 Å². The molecule has 5 heteroatoms. The minimum absolute atomic E-state index is 0.305. The van der Waals surface area contributed by atoms with Crippen molar-refractivity contribution in [2.24, 2.45) is 0 Å². The summed E-state index contributed by atoms with van der Waals surface area (Å²) in [5, 5.41) is 1.92. The zero-order chi connectivity index (χ0) is 16.7. The van der Waals surface area contributed by atoms with E-state index in [9.17, 15) is 0 Å². The molecule has 0 bridgehead atoms. The van der Waals surface area contributed by atoms with Gasteiger partial charge in [-0.1, -0.05) is 41.5 Å². The van der Waals surface area contributed by atoms with E-state index in [1.807, 2.05) is 11.8 Å². The predicted octanol–water partition coefficient (Wildman–Crippen LogP) is 5.51. The van der Waals surface area contributed by atoms with Gasteiger partial charge in [0.1, 0.15) is 0 Å². The van der Waals surface area contributed by atoms with Crippen LogP contribution in [0.15, 0.2) is 0 Å². The minimum atomic E-state index is -1.59. The number of thioether (sulfide) groups is 1. The highest BCUT2D eigenvalue weighted by atomic mass is 32.2. The van der Waals surface area contributed by atoms with Gasteiger partial charge >= 0.3 is 0 Å². The molecule has 1 rings (SSSR count). The third kappa shape index (κ3) is 5.38. The average molecular weight is 349 g/mol. The molecular weight excluding hydrogens is 312 g/mol. The SMILES string of the molecule is CC(C)(C)[Si](C)(C)OC[C@@H]1S[C@@H]1CO[Si](C)(C)C(C)(C)C. The largest absolute Gasteiger partial charge is 0.416 e. The maximum atomic E-state index is 6.32. The van der Waals surface area contributed by atoms with Crippen molar-refractivity contribution in [1.82, 2.24) is 0 Å². The normalized spacial score (nSPS) is 24.3. The summed E-state index contributed by atoms with van der Waals surface area (Å²) in [6, 6.07) is 0. The number of hydrogen-bond acceptors (Lipinski definition) is 3. The van der Waals surface area contributed by atoms with Gasteiger partial charge in [-0.15, -0.1) is 11.8 Å². The summed E-state index contributed by atoms with van der Waals surface area (Å²) < 4.78 is 12.6. The first-order valence-electron chi connectivity index (χ1n) is 8.11. The van der Waals surface area contributed by atoms with Crippen LogP contribution in [0.2, 0.25) is 36.3 Å². The summed E-state index contributed by atoms with van der Waals surface area (Å²) >= 11 is 2.03. The van der Waals surface area contributed by atoms with E-state index < -0.39 is 16.6 Å². The van der Waals surface area contributed by atoms with Gasteiger partial charge in [0.25, 0.3) is 0 Å². The van der Waals surface area contributed by atoms with Gasteiger partial charge < -0.3 is 8.85 Å². The van der Waals surface area contributed by atoms with E-state index in [2.05, 4.69) is 67.7 Å². The fourth-order valence-electron chi connectivity index (χ4n) is 1.49. The lowest BCUT2D eigenvalue weighted by molar-refractivity contribution is 0.265. The molecule has 0 aromatic rings. The van der Waals surface area contributed by atoms with E-state index in [1.54, 1.807) is 0 Å². The van der Waals surface area contributed by atoms with Gasteiger partial charge in [0.15, 0.2) is 16.6 Å². The molecule has 0 amide bonds. The molecule has 0 saturated carbocycles. The van der Waals surface area contributed by atoms with Crippen LogP contribution in [0.4, 0.5) is 0 Å². The van der Waals surface area contributed by atoms with Crippen LogP contribution in [0.5, 0.6) is 0 Å². The van der Waals surface area contributed by atoms with Crippen LogP contribution in [0, 0.1) is 0 Å². The van der Waals surface area contributed by atoms with Gasteiger partial charge in [-0.05, 0) is 36.3 Å². The topological polar surface area (TPSA) is 18.5 Å². The highest BCUT2D eigenvalue weighted by Gasteiger charge is 2.45. The molecular formula is C16H36O2SSi2. The smallest absolute Gasteiger partial charge is 0.192 e. The third-order valence-corrected chi connectivity index (χ3v) is 15.8. The maximum Gasteiger partial charge on any atom is 0.192 e. The van der Waals surface area contributed by atoms with E-state index in [0.717, 1.165) is 13.2 Å². The summed E-state index contributed by atoms with van der Waals surface area (Å²) in [6.07, 6.45) is 0. The van der Waals surface area contributed by atoms with Gasteiger partial charge in [0.2, 0.25) is 0 Å². The van der Waals surface area contributed by atoms with Crippen molar-refractivity contribution >= 4 is 28.4 Å². The fourth-order valence-corrected chi connectivity index (χ4v) is 4.60. The second kappa shape index (κ2) is 6.31. The third-order valence-electron chi connectivity index (χ3n) is 5.52. The van der Waals surface area contributed by atoms with Crippen LogP contribution in [0.25, 0.3) is 0 Å². The molecule has 1 heterocycles. The molecule has 0 aliphatic carbocycles. The molecule has 0 aromatic heterocycles. The molecule has 1 aliphatic rings. The Hall–Kier alpha value is 0.704. The van der Waals surface area contributed by atoms with Crippen LogP contribution in [-0.2, 0) is 8.85 Å². The van der Waals surface area contributed by atoms with Crippen LogP contribution in [-0.4, -0.2) is 40.3 Å². The molecule has 21 heavy (non-hydrogen) atoms. The standard InChI is InChI=1S/C16H36O2SSi2/c1-15(2,3)20(7,8)17-11-13-14(19-13)12-18-21(9,10)16(4,5)6/h13-14H,11-12H2,1-10H3/t13-,14+. The second-order valence-electron chi connectivity index (χ2n) is 9.36. The second-order valence-corrected chi connectivity index (χ2v) is 20.5. The Labute approximate surface area is 139 Å². The van der Waals surface area contributed by atoms with Gasteiger partial charge in [0.05, 0.1) is 0 Å². The first kappa shape index (κ1) is 19.7. The van der Waals surface area contributed by atoms with Gasteiger partial charge in [-0.25, -0.2) is 0 Å². The Bertz CT molecular complexity index is 322. The van der Waals surface area contributed by atoms with Crippen molar-refractivity contribution in [3.8, 4) is 0 Å². The number of hydrogen-bond donors (Lipinski definition) is 0. The lowest BCUT2D eigenvalue weighted by Crippen LogP contribution is -2.42. The van der Waals surface area contributed by atoms with E-state index in [1.165, 1.54) is 0 Å². The first-order valence-corrected chi connectivity index (χ1v) is 14.9. The van der Waals surface area contributed by atoms with Crippen molar-refractivity contribution in [2.75, 3.05) is 13.2 Å². The van der Waals surface area contributed by atoms with E-state index in [-0.39, 0.29) is 0 Å². The molecule has 2 atom stereocenters. The fraction of sp³-hybridized carbons (Fsp3) is 1.00. The number of rotatable bonds is 6. The quantitative estimate of drug-likeness (QED) is 0.465. The van der Waals surface area contributed by atoms with Crippen molar-refractivity contribution in [2.45, 2.75) is 88.3 Å². The Morgan fingerprint density at radius 3 is 1.24 bits per heavy atom. The lowest BCUT2D eigenvalue weighted by atomic mass is 10.2. The molecule has 0 aromatic carbocycles. The summed E-state index contributed by atoms with van der Waals surface area (Å²) in [6.45, 7) is 25.0. The highest BCUT2D eigenvalue weighted by Crippen LogP contribution is 2.45. The predicted molar refractivity (Wildman–Crippen MR) is 101 cm³/mol. The van der Waals surface area contributed by atoms with Crippen LogP contribution < -0.4 is 0 Å². The molecule has 1 saturated heterocycles. The van der Waals surface area contributed by atoms with Crippen LogP contribution in [0.1, 0.15) is 41.5 Å². The molecule has 0 radical (unpaired) electrons. The van der Waals surface area contributed by atoms with Gasteiger partial charge in [0, 0.05) is 23.7 Å². The highest BCUT2D eigenvalue weighted by molar-refractivity contribution is 8.07. The lowest BCUT2D eigenvalue weighted by Gasteiger charge is -2.36. The Morgan fingerprint density at radius 1 is 0.714 bits per heavy atom. The van der Waals surface area contributed by atoms with Gasteiger partial charge in [-0.3, -0.25) is 0 Å². The van der Waals surface area contributed by atoms with Crippen molar-refractivity contribution in [3.05, 3.63) is 0 Å². The zero-order valence-corrected chi connectivity index (χ0v) is 18.6. The van der Waals surface area contributed by atoms with E-state index in [4.69, 9.17) is 8.85 Å². The molecule has 0 unspecified atom stereocenters. The Balaban J connectivity index is 2.34. The zero-order valence-electron chi connectivity index (χ0n) is 15.8. The van der Waals surface area contributed by atoms with Crippen molar-refractivity contribution < 1.29 is 8.85 Å². The summed E-state index contributed by atoms with van der Waals surface area (Å²) in [4.78, 5) is 0. The summed E-state index contributed by atoms with van der Waals surface area (Å²) in [7, 11) is -3.18. The summed E-state index contributed by atoms with van der Waals surface area (Å²) in [5.74, 6) is 0. The molecule has 0 spiro atoms. The molecule has 0 N–H and O–H groups in total. The Kier molecular flexibility index (Phi) is 5.93. The van der Waals surface area contributed by atoms with Crippen LogP contribution >= 0.6 is 11.8 Å². The molecule has 2 nitrogen and oxygen atoms in total. The molecule has 126 valence electrons. The Morgan fingerprint density at radius 2 is 1.00 bits per heavy atom.